The molecule has 5 heteroatoms. The molecule has 0 aliphatic carbocycles. The highest BCUT2D eigenvalue weighted by atomic mass is 32.2. The summed E-state index contributed by atoms with van der Waals surface area (Å²) in [4.78, 5) is 2.86. The quantitative estimate of drug-likeness (QED) is 0.908. The zero-order chi connectivity index (χ0) is 15.5. The second-order valence-electron chi connectivity index (χ2n) is 6.00. The number of likely N-dealkylation sites (tertiary alicyclic amines) is 1. The average molecular weight is 310 g/mol. The molecule has 4 nitrogen and oxygen atoms in total. The van der Waals surface area contributed by atoms with Crippen molar-refractivity contribution in [3.8, 4) is 0 Å². The molecule has 1 unspecified atom stereocenters. The maximum Gasteiger partial charge on any atom is 0.175 e. The number of nitrogens with zero attached hydrogens (tertiary/aromatic N) is 1. The molecule has 1 aliphatic rings. The SMILES string of the molecule is CCN1CCC(C(C)Nc2cccc(S(C)(=O)=O)c2)CC1. The Labute approximate surface area is 128 Å². The summed E-state index contributed by atoms with van der Waals surface area (Å²) in [5, 5.41) is 3.47. The van der Waals surface area contributed by atoms with Gasteiger partial charge in [-0.3, -0.25) is 0 Å². The highest BCUT2D eigenvalue weighted by Crippen LogP contribution is 2.24. The van der Waals surface area contributed by atoms with Crippen molar-refractivity contribution < 1.29 is 8.42 Å². The second-order valence-corrected chi connectivity index (χ2v) is 8.02. The van der Waals surface area contributed by atoms with Crippen molar-refractivity contribution in [1.82, 2.24) is 4.90 Å². The largest absolute Gasteiger partial charge is 0.382 e. The van der Waals surface area contributed by atoms with Crippen LogP contribution >= 0.6 is 0 Å². The van der Waals surface area contributed by atoms with Gasteiger partial charge in [-0.15, -0.1) is 0 Å². The molecule has 2 rings (SSSR count). The van der Waals surface area contributed by atoms with E-state index in [2.05, 4.69) is 24.1 Å². The van der Waals surface area contributed by atoms with Gasteiger partial charge >= 0.3 is 0 Å². The summed E-state index contributed by atoms with van der Waals surface area (Å²) in [5.74, 6) is 0.648. The van der Waals surface area contributed by atoms with Gasteiger partial charge in [-0.1, -0.05) is 13.0 Å². The lowest BCUT2D eigenvalue weighted by atomic mass is 9.90. The first-order valence-electron chi connectivity index (χ1n) is 7.69. The molecule has 0 amide bonds. The Morgan fingerprint density at radius 2 is 2.00 bits per heavy atom. The van der Waals surface area contributed by atoms with Crippen molar-refractivity contribution in [3.05, 3.63) is 24.3 Å². The molecule has 1 aliphatic heterocycles. The van der Waals surface area contributed by atoms with Gasteiger partial charge in [0.1, 0.15) is 0 Å². The molecule has 0 bridgehead atoms. The molecule has 0 aromatic heterocycles. The van der Waals surface area contributed by atoms with Gasteiger partial charge in [0.2, 0.25) is 0 Å². The normalized spacial score (nSPS) is 19.4. The minimum atomic E-state index is -3.14. The predicted octanol–water partition coefficient (Wildman–Crippen LogP) is 2.62. The third-order valence-electron chi connectivity index (χ3n) is 4.44. The fourth-order valence-electron chi connectivity index (χ4n) is 2.97. The molecule has 118 valence electrons. The summed E-state index contributed by atoms with van der Waals surface area (Å²) in [6.45, 7) is 7.86. The van der Waals surface area contributed by atoms with Crippen molar-refractivity contribution in [3.63, 3.8) is 0 Å². The van der Waals surface area contributed by atoms with Gasteiger partial charge < -0.3 is 10.2 Å². The van der Waals surface area contributed by atoms with Crippen molar-refractivity contribution in [2.24, 2.45) is 5.92 Å². The third-order valence-corrected chi connectivity index (χ3v) is 5.55. The number of anilines is 1. The summed E-state index contributed by atoms with van der Waals surface area (Å²) < 4.78 is 23.2. The van der Waals surface area contributed by atoms with E-state index in [4.69, 9.17) is 0 Å². The molecule has 0 radical (unpaired) electrons. The number of benzene rings is 1. The molecule has 1 heterocycles. The van der Waals surface area contributed by atoms with Gasteiger partial charge in [-0.05, 0) is 63.5 Å². The lowest BCUT2D eigenvalue weighted by molar-refractivity contribution is 0.183. The van der Waals surface area contributed by atoms with Crippen LogP contribution in [0, 0.1) is 5.92 Å². The third kappa shape index (κ3) is 4.45. The van der Waals surface area contributed by atoms with E-state index in [-0.39, 0.29) is 0 Å². The van der Waals surface area contributed by atoms with Crippen LogP contribution in [-0.2, 0) is 9.84 Å². The summed E-state index contributed by atoms with van der Waals surface area (Å²) in [6.07, 6.45) is 3.65. The van der Waals surface area contributed by atoms with Gasteiger partial charge in [-0.25, -0.2) is 8.42 Å². The Kier molecular flexibility index (Phi) is 5.27. The summed E-state index contributed by atoms with van der Waals surface area (Å²) in [7, 11) is -3.14. The molecular weight excluding hydrogens is 284 g/mol. The number of piperidine rings is 1. The number of hydrogen-bond donors (Lipinski definition) is 1. The fourth-order valence-corrected chi connectivity index (χ4v) is 3.63. The van der Waals surface area contributed by atoms with Crippen molar-refractivity contribution in [2.75, 3.05) is 31.2 Å². The smallest absolute Gasteiger partial charge is 0.175 e. The van der Waals surface area contributed by atoms with Crippen LogP contribution < -0.4 is 5.32 Å². The lowest BCUT2D eigenvalue weighted by Crippen LogP contribution is -2.39. The molecule has 1 fully saturated rings. The molecular formula is C16H26N2O2S. The second kappa shape index (κ2) is 6.79. The molecule has 1 aromatic carbocycles. The number of sulfone groups is 1. The predicted molar refractivity (Wildman–Crippen MR) is 87.5 cm³/mol. The van der Waals surface area contributed by atoms with Gasteiger partial charge in [0.05, 0.1) is 4.90 Å². The average Bonchev–Trinajstić information content (AvgIpc) is 2.47. The molecule has 1 aromatic rings. The van der Waals surface area contributed by atoms with E-state index in [1.54, 1.807) is 18.2 Å². The van der Waals surface area contributed by atoms with Crippen LogP contribution in [0.5, 0.6) is 0 Å². The number of nitrogens with one attached hydrogen (secondary N) is 1. The molecule has 21 heavy (non-hydrogen) atoms. The lowest BCUT2D eigenvalue weighted by Gasteiger charge is -2.34. The number of rotatable bonds is 5. The minimum absolute atomic E-state index is 0.360. The van der Waals surface area contributed by atoms with Gasteiger partial charge in [0, 0.05) is 18.0 Å². The van der Waals surface area contributed by atoms with Gasteiger partial charge in [-0.2, -0.15) is 0 Å². The van der Waals surface area contributed by atoms with Crippen LogP contribution in [0.1, 0.15) is 26.7 Å². The first-order valence-corrected chi connectivity index (χ1v) is 9.58. The Balaban J connectivity index is 1.98. The number of hydrogen-bond acceptors (Lipinski definition) is 4. The summed E-state index contributed by atoms with van der Waals surface area (Å²) >= 11 is 0. The van der Waals surface area contributed by atoms with Crippen LogP contribution in [0.4, 0.5) is 5.69 Å². The first-order chi connectivity index (χ1) is 9.90. The van der Waals surface area contributed by atoms with Gasteiger partial charge in [0.25, 0.3) is 0 Å². The van der Waals surface area contributed by atoms with E-state index in [0.29, 0.717) is 16.9 Å². The van der Waals surface area contributed by atoms with E-state index in [9.17, 15) is 8.42 Å². The highest BCUT2D eigenvalue weighted by Gasteiger charge is 2.23. The maximum atomic E-state index is 11.6. The van der Waals surface area contributed by atoms with Crippen LogP contribution in [0.2, 0.25) is 0 Å². The summed E-state index contributed by atoms with van der Waals surface area (Å²) in [6, 6.07) is 7.47. The maximum absolute atomic E-state index is 11.6. The van der Waals surface area contributed by atoms with Crippen molar-refractivity contribution in [1.29, 1.82) is 0 Å². The van der Waals surface area contributed by atoms with Crippen LogP contribution in [0.15, 0.2) is 29.2 Å². The van der Waals surface area contributed by atoms with Crippen LogP contribution in [0.25, 0.3) is 0 Å². The van der Waals surface area contributed by atoms with Crippen molar-refractivity contribution in [2.45, 2.75) is 37.6 Å². The van der Waals surface area contributed by atoms with Crippen LogP contribution in [0.3, 0.4) is 0 Å². The first kappa shape index (κ1) is 16.3. The molecule has 1 atom stereocenters. The van der Waals surface area contributed by atoms with Crippen molar-refractivity contribution >= 4 is 15.5 Å². The molecule has 1 N–H and O–H groups in total. The Morgan fingerprint density at radius 1 is 1.33 bits per heavy atom. The van der Waals surface area contributed by atoms with E-state index in [1.807, 2.05) is 6.07 Å². The molecule has 0 spiro atoms. The van der Waals surface area contributed by atoms with E-state index < -0.39 is 9.84 Å². The fraction of sp³-hybridized carbons (Fsp3) is 0.625. The van der Waals surface area contributed by atoms with E-state index in [1.165, 1.54) is 19.1 Å². The molecule has 0 saturated carbocycles. The standard InChI is InChI=1S/C16H26N2O2S/c1-4-18-10-8-14(9-11-18)13(2)17-15-6-5-7-16(12-15)21(3,19)20/h5-7,12-14,17H,4,8-11H2,1-3H3. The zero-order valence-electron chi connectivity index (χ0n) is 13.2. The Hall–Kier alpha value is -1.07. The minimum Gasteiger partial charge on any atom is -0.382 e. The van der Waals surface area contributed by atoms with E-state index in [0.717, 1.165) is 25.3 Å². The summed E-state index contributed by atoms with van der Waals surface area (Å²) in [5.41, 5.74) is 0.892. The van der Waals surface area contributed by atoms with E-state index >= 15 is 0 Å². The highest BCUT2D eigenvalue weighted by molar-refractivity contribution is 7.90. The van der Waals surface area contributed by atoms with Crippen LogP contribution in [-0.4, -0.2) is 45.2 Å². The Bertz CT molecular complexity index is 563. The van der Waals surface area contributed by atoms with Gasteiger partial charge in [0.15, 0.2) is 9.84 Å². The Morgan fingerprint density at radius 3 is 2.57 bits per heavy atom. The zero-order valence-corrected chi connectivity index (χ0v) is 14.0. The molecule has 1 saturated heterocycles. The topological polar surface area (TPSA) is 49.4 Å². The monoisotopic (exact) mass is 310 g/mol.